The van der Waals surface area contributed by atoms with Gasteiger partial charge in [-0.05, 0) is 79.4 Å². The molecule has 0 saturated heterocycles. The molecular weight excluding hydrogens is 785 g/mol. The molecule has 4 amide bonds. The number of anilines is 4. The molecule has 5 rings (SSSR count). The van der Waals surface area contributed by atoms with Crippen LogP contribution in [0, 0.1) is 0 Å². The number of benzene rings is 3. The summed E-state index contributed by atoms with van der Waals surface area (Å²) in [5.41, 5.74) is 5.73. The molecule has 0 bridgehead atoms. The maximum Gasteiger partial charge on any atom is 0.323 e. The monoisotopic (exact) mass is 861 g/mol. The fraction of sp³-hybridized carbons (Fsp3) is 0.538. The number of unbranched alkanes of at least 4 members (excludes halogenated alkanes) is 18. The van der Waals surface area contributed by atoms with Gasteiger partial charge in [-0.3, -0.25) is 5.10 Å². The molecule has 63 heavy (non-hydrogen) atoms. The van der Waals surface area contributed by atoms with Crippen molar-refractivity contribution >= 4 is 40.5 Å². The fourth-order valence-corrected chi connectivity index (χ4v) is 7.76. The van der Waals surface area contributed by atoms with Crippen molar-refractivity contribution in [3.8, 4) is 17.1 Å². The highest BCUT2D eigenvalue weighted by Crippen LogP contribution is 2.29. The smallest absolute Gasteiger partial charge is 0.323 e. The molecule has 0 atom stereocenters. The van der Waals surface area contributed by atoms with Crippen molar-refractivity contribution in [2.24, 2.45) is 0 Å². The van der Waals surface area contributed by atoms with Gasteiger partial charge in [0.1, 0.15) is 5.75 Å². The second kappa shape index (κ2) is 26.3. The van der Waals surface area contributed by atoms with E-state index in [1.807, 2.05) is 42.5 Å². The topological polar surface area (TPSA) is 137 Å². The highest BCUT2D eigenvalue weighted by Gasteiger charge is 2.19. The fourth-order valence-electron chi connectivity index (χ4n) is 7.76. The molecule has 11 nitrogen and oxygen atoms in total. The summed E-state index contributed by atoms with van der Waals surface area (Å²) in [6.07, 6.45) is 27.1. The maximum absolute atomic E-state index is 13.3. The zero-order valence-electron chi connectivity index (χ0n) is 39.1. The molecule has 5 N–H and O–H groups in total. The predicted molar refractivity (Wildman–Crippen MR) is 263 cm³/mol. The first-order valence-corrected chi connectivity index (χ1v) is 24.2. The largest absolute Gasteiger partial charge is 0.494 e. The highest BCUT2D eigenvalue weighted by molar-refractivity contribution is 6.03. The van der Waals surface area contributed by atoms with Crippen LogP contribution in [0.5, 0.6) is 5.75 Å². The third-order valence-corrected chi connectivity index (χ3v) is 11.6. The van der Waals surface area contributed by atoms with Gasteiger partial charge in [0, 0.05) is 45.5 Å². The molecule has 342 valence electrons. The van der Waals surface area contributed by atoms with Gasteiger partial charge in [0.25, 0.3) is 0 Å². The average Bonchev–Trinajstić information content (AvgIpc) is 3.86. The Morgan fingerprint density at radius 3 is 1.52 bits per heavy atom. The van der Waals surface area contributed by atoms with Gasteiger partial charge in [-0.15, -0.1) is 5.10 Å². The standard InChI is InChI=1S/C52H76N8O3/c1-6-8-10-12-14-16-18-20-22-24-26-40-27-29-42(30-28-40)53-50(61)55-44-36-41(49-57-48-39-47(52(3,4)5)58-60(48)59-49)37-45(38-44)56-51(62)54-43-31-33-46(34-32-43)63-35-25-23-21-19-17-15-13-11-9-7-2/h27-34,36-39,58H,6-26,35H2,1-5H3,(H2,53,55,61)(H2,54,56,62). The first-order valence-electron chi connectivity index (χ1n) is 24.2. The Morgan fingerprint density at radius 2 is 1.03 bits per heavy atom. The van der Waals surface area contributed by atoms with E-state index in [9.17, 15) is 9.59 Å². The van der Waals surface area contributed by atoms with Crippen LogP contribution in [0.25, 0.3) is 17.0 Å². The quantitative estimate of drug-likeness (QED) is 0.0319. The number of amides is 4. The van der Waals surface area contributed by atoms with Crippen molar-refractivity contribution in [3.63, 3.8) is 0 Å². The molecule has 11 heteroatoms. The SMILES string of the molecule is CCCCCCCCCCCCOc1ccc(NC(=O)Nc2cc(NC(=O)Nc3ccc(CCCCCCCCCCCC)cc3)cc(-c3nc4cc(C(C)(C)C)[nH]n4n3)c2)cc1. The Kier molecular flexibility index (Phi) is 20.4. The number of rotatable bonds is 28. The Bertz CT molecular complexity index is 2050. The molecule has 0 spiro atoms. The highest BCUT2D eigenvalue weighted by atomic mass is 16.5. The van der Waals surface area contributed by atoms with Gasteiger partial charge in [-0.25, -0.2) is 14.6 Å². The van der Waals surface area contributed by atoms with E-state index in [0.717, 1.165) is 24.3 Å². The number of ether oxygens (including phenoxy) is 1. The average molecular weight is 861 g/mol. The molecular formula is C52H76N8O3. The van der Waals surface area contributed by atoms with Crippen LogP contribution in [0.2, 0.25) is 0 Å². The predicted octanol–water partition coefficient (Wildman–Crippen LogP) is 15.1. The number of carbonyl (C=O) groups excluding carboxylic acids is 2. The molecule has 0 fully saturated rings. The molecule has 2 aromatic heterocycles. The molecule has 2 heterocycles. The Labute approximate surface area is 377 Å². The van der Waals surface area contributed by atoms with Crippen LogP contribution >= 0.6 is 0 Å². The molecule has 0 radical (unpaired) electrons. The zero-order valence-corrected chi connectivity index (χ0v) is 39.1. The van der Waals surface area contributed by atoms with Gasteiger partial charge in [-0.1, -0.05) is 162 Å². The minimum absolute atomic E-state index is 0.100. The van der Waals surface area contributed by atoms with Gasteiger partial charge in [0.15, 0.2) is 11.5 Å². The first kappa shape index (κ1) is 48.7. The third kappa shape index (κ3) is 17.8. The van der Waals surface area contributed by atoms with E-state index in [0.29, 0.717) is 46.4 Å². The summed E-state index contributed by atoms with van der Waals surface area (Å²) in [5, 5.41) is 19.8. The summed E-state index contributed by atoms with van der Waals surface area (Å²) >= 11 is 0. The number of aromatic nitrogens is 4. The lowest BCUT2D eigenvalue weighted by molar-refractivity contribution is 0.261. The van der Waals surface area contributed by atoms with Crippen LogP contribution in [0.15, 0.2) is 72.8 Å². The van der Waals surface area contributed by atoms with Crippen LogP contribution in [0.3, 0.4) is 0 Å². The van der Waals surface area contributed by atoms with Gasteiger partial charge < -0.3 is 26.0 Å². The number of nitrogens with zero attached hydrogens (tertiary/aromatic N) is 3. The van der Waals surface area contributed by atoms with E-state index in [1.165, 1.54) is 128 Å². The number of urea groups is 2. The van der Waals surface area contributed by atoms with Gasteiger partial charge in [-0.2, -0.15) is 4.63 Å². The summed E-state index contributed by atoms with van der Waals surface area (Å²) in [6.45, 7) is 11.6. The van der Waals surface area contributed by atoms with E-state index >= 15 is 0 Å². The summed E-state index contributed by atoms with van der Waals surface area (Å²) in [7, 11) is 0. The van der Waals surface area contributed by atoms with E-state index in [-0.39, 0.29) is 5.41 Å². The lowest BCUT2D eigenvalue weighted by Gasteiger charge is -2.15. The first-order chi connectivity index (χ1) is 30.6. The van der Waals surface area contributed by atoms with Crippen molar-refractivity contribution in [3.05, 3.63) is 84.1 Å². The molecule has 0 aliphatic carbocycles. The Morgan fingerprint density at radius 1 is 0.571 bits per heavy atom. The van der Waals surface area contributed by atoms with Gasteiger partial charge in [0.05, 0.1) is 6.61 Å². The molecule has 5 aromatic rings. The molecule has 0 aliphatic rings. The summed E-state index contributed by atoms with van der Waals surface area (Å²) in [6, 6.07) is 21.9. The van der Waals surface area contributed by atoms with Crippen LogP contribution in [-0.4, -0.2) is 38.5 Å². The van der Waals surface area contributed by atoms with E-state index in [4.69, 9.17) is 14.8 Å². The molecule has 0 aliphatic heterocycles. The summed E-state index contributed by atoms with van der Waals surface area (Å²) in [5.74, 6) is 1.22. The Balaban J connectivity index is 1.13. The van der Waals surface area contributed by atoms with Crippen molar-refractivity contribution in [1.29, 1.82) is 0 Å². The van der Waals surface area contributed by atoms with Crippen molar-refractivity contribution in [2.45, 2.75) is 175 Å². The summed E-state index contributed by atoms with van der Waals surface area (Å²) in [4.78, 5) is 31.4. The number of H-pyrrole nitrogens is 1. The zero-order chi connectivity index (χ0) is 44.7. The minimum Gasteiger partial charge on any atom is -0.494 e. The van der Waals surface area contributed by atoms with E-state index < -0.39 is 12.1 Å². The maximum atomic E-state index is 13.3. The number of hydrogen-bond donors (Lipinski definition) is 5. The van der Waals surface area contributed by atoms with Crippen molar-refractivity contribution in [2.75, 3.05) is 27.9 Å². The normalized spacial score (nSPS) is 11.5. The number of hydrogen-bond acceptors (Lipinski definition) is 5. The number of aryl methyl sites for hydroxylation is 1. The lowest BCUT2D eigenvalue weighted by atomic mass is 9.93. The molecule has 3 aromatic carbocycles. The minimum atomic E-state index is -0.431. The van der Waals surface area contributed by atoms with E-state index in [1.54, 1.807) is 22.8 Å². The van der Waals surface area contributed by atoms with Crippen LogP contribution in [0.4, 0.5) is 32.3 Å². The second-order valence-corrected chi connectivity index (χ2v) is 18.3. The number of aromatic amines is 1. The van der Waals surface area contributed by atoms with Gasteiger partial charge in [0.2, 0.25) is 0 Å². The van der Waals surface area contributed by atoms with E-state index in [2.05, 4.69) is 73.1 Å². The number of nitrogens with one attached hydrogen (secondary N) is 5. The number of carbonyl (C=O) groups is 2. The number of fused-ring (bicyclic) bond motifs is 1. The van der Waals surface area contributed by atoms with Crippen LogP contribution < -0.4 is 26.0 Å². The van der Waals surface area contributed by atoms with Crippen molar-refractivity contribution < 1.29 is 14.3 Å². The van der Waals surface area contributed by atoms with Crippen molar-refractivity contribution in [1.82, 2.24) is 19.8 Å². The lowest BCUT2D eigenvalue weighted by Crippen LogP contribution is -2.21. The summed E-state index contributed by atoms with van der Waals surface area (Å²) < 4.78 is 7.62. The van der Waals surface area contributed by atoms with Gasteiger partial charge >= 0.3 is 12.1 Å². The third-order valence-electron chi connectivity index (χ3n) is 11.6. The molecule has 0 unspecified atom stereocenters. The molecule has 0 saturated carbocycles. The van der Waals surface area contributed by atoms with Crippen LogP contribution in [0.1, 0.15) is 174 Å². The second-order valence-electron chi connectivity index (χ2n) is 18.3. The van der Waals surface area contributed by atoms with Crippen LogP contribution in [-0.2, 0) is 11.8 Å². The Hall–Kier alpha value is -5.32.